The van der Waals surface area contributed by atoms with Crippen molar-refractivity contribution in [2.75, 3.05) is 13.1 Å². The Kier molecular flexibility index (Phi) is 2.88. The van der Waals surface area contributed by atoms with E-state index >= 15 is 0 Å². The Hall–Kier alpha value is -1.32. The molecule has 2 heterocycles. The number of hydrogen-bond donors (Lipinski definition) is 0. The van der Waals surface area contributed by atoms with Crippen LogP contribution in [0.25, 0.3) is 0 Å². The fraction of sp³-hybridized carbons (Fsp3) is 0.714. The van der Waals surface area contributed by atoms with Crippen LogP contribution in [0.3, 0.4) is 0 Å². The van der Waals surface area contributed by atoms with Gasteiger partial charge < -0.3 is 9.42 Å². The molecule has 1 aliphatic heterocycles. The molecule has 0 N–H and O–H groups in total. The van der Waals surface area contributed by atoms with E-state index in [0.29, 0.717) is 23.4 Å². The lowest BCUT2D eigenvalue weighted by Gasteiger charge is -2.34. The number of aromatic nitrogens is 1. The van der Waals surface area contributed by atoms with Crippen LogP contribution in [-0.4, -0.2) is 29.1 Å². The summed E-state index contributed by atoms with van der Waals surface area (Å²) in [5.41, 5.74) is 0.484. The van der Waals surface area contributed by atoms with E-state index in [1.807, 2.05) is 11.0 Å². The summed E-state index contributed by atoms with van der Waals surface area (Å²) in [6.45, 7) is 6.09. The standard InChI is InChI=1S/C14H20N2O2/c1-9-5-10(2)8-16(7-9)14(17)12-6-13(18-15-12)11-3-4-11/h6,9-11H,3-5,7-8H2,1-2H3. The van der Waals surface area contributed by atoms with Crippen LogP contribution in [-0.2, 0) is 0 Å². The number of hydrogen-bond acceptors (Lipinski definition) is 3. The molecule has 1 aliphatic carbocycles. The van der Waals surface area contributed by atoms with E-state index in [-0.39, 0.29) is 5.91 Å². The van der Waals surface area contributed by atoms with Crippen molar-refractivity contribution in [1.29, 1.82) is 0 Å². The zero-order chi connectivity index (χ0) is 12.7. The van der Waals surface area contributed by atoms with Crippen LogP contribution < -0.4 is 0 Å². The molecule has 4 nitrogen and oxygen atoms in total. The minimum absolute atomic E-state index is 0.0315. The van der Waals surface area contributed by atoms with Crippen molar-refractivity contribution in [3.63, 3.8) is 0 Å². The van der Waals surface area contributed by atoms with Gasteiger partial charge in [0.2, 0.25) is 0 Å². The predicted octanol–water partition coefficient (Wildman–Crippen LogP) is 2.67. The molecular formula is C14H20N2O2. The van der Waals surface area contributed by atoms with Crippen molar-refractivity contribution < 1.29 is 9.32 Å². The lowest BCUT2D eigenvalue weighted by Crippen LogP contribution is -2.42. The van der Waals surface area contributed by atoms with Crippen molar-refractivity contribution in [2.24, 2.45) is 11.8 Å². The molecule has 2 unspecified atom stereocenters. The highest BCUT2D eigenvalue weighted by Crippen LogP contribution is 2.40. The molecule has 1 saturated carbocycles. The molecule has 1 aromatic rings. The highest BCUT2D eigenvalue weighted by Gasteiger charge is 2.31. The largest absolute Gasteiger partial charge is 0.360 e. The van der Waals surface area contributed by atoms with Crippen molar-refractivity contribution in [1.82, 2.24) is 10.1 Å². The lowest BCUT2D eigenvalue weighted by atomic mass is 9.92. The number of carbonyl (C=O) groups is 1. The molecule has 1 saturated heterocycles. The Morgan fingerprint density at radius 1 is 1.33 bits per heavy atom. The Labute approximate surface area is 107 Å². The van der Waals surface area contributed by atoms with E-state index in [9.17, 15) is 4.79 Å². The molecule has 18 heavy (non-hydrogen) atoms. The van der Waals surface area contributed by atoms with Gasteiger partial charge in [0.15, 0.2) is 5.69 Å². The molecule has 4 heteroatoms. The monoisotopic (exact) mass is 248 g/mol. The van der Waals surface area contributed by atoms with Gasteiger partial charge in [0.25, 0.3) is 5.91 Å². The molecular weight excluding hydrogens is 228 g/mol. The SMILES string of the molecule is CC1CC(C)CN(C(=O)c2cc(C3CC3)on2)C1. The molecule has 2 fully saturated rings. The number of amides is 1. The maximum atomic E-state index is 12.4. The van der Waals surface area contributed by atoms with Crippen LogP contribution in [0.1, 0.15) is 55.3 Å². The first-order chi connectivity index (χ1) is 8.63. The molecule has 2 aliphatic rings. The van der Waals surface area contributed by atoms with Crippen LogP contribution in [0.15, 0.2) is 10.6 Å². The summed E-state index contributed by atoms with van der Waals surface area (Å²) in [6, 6.07) is 1.84. The molecule has 0 radical (unpaired) electrons. The zero-order valence-corrected chi connectivity index (χ0v) is 11.1. The van der Waals surface area contributed by atoms with Gasteiger partial charge in [-0.25, -0.2) is 0 Å². The molecule has 98 valence electrons. The summed E-state index contributed by atoms with van der Waals surface area (Å²) < 4.78 is 5.26. The molecule has 3 rings (SSSR count). The minimum Gasteiger partial charge on any atom is -0.360 e. The van der Waals surface area contributed by atoms with E-state index < -0.39 is 0 Å². The van der Waals surface area contributed by atoms with E-state index in [2.05, 4.69) is 19.0 Å². The maximum absolute atomic E-state index is 12.4. The summed E-state index contributed by atoms with van der Waals surface area (Å²) in [4.78, 5) is 14.3. The van der Waals surface area contributed by atoms with E-state index in [4.69, 9.17) is 4.52 Å². The van der Waals surface area contributed by atoms with Gasteiger partial charge in [0, 0.05) is 25.1 Å². The van der Waals surface area contributed by atoms with Crippen LogP contribution >= 0.6 is 0 Å². The highest BCUT2D eigenvalue weighted by atomic mass is 16.5. The molecule has 1 amide bonds. The van der Waals surface area contributed by atoms with Gasteiger partial charge in [0.1, 0.15) is 5.76 Å². The first kappa shape index (κ1) is 11.8. The van der Waals surface area contributed by atoms with Crippen molar-refractivity contribution in [3.8, 4) is 0 Å². The van der Waals surface area contributed by atoms with E-state index in [1.165, 1.54) is 19.3 Å². The fourth-order valence-corrected chi connectivity index (χ4v) is 2.94. The Morgan fingerprint density at radius 3 is 2.61 bits per heavy atom. The minimum atomic E-state index is 0.0315. The summed E-state index contributed by atoms with van der Waals surface area (Å²) in [7, 11) is 0. The lowest BCUT2D eigenvalue weighted by molar-refractivity contribution is 0.0612. The van der Waals surface area contributed by atoms with Crippen molar-refractivity contribution in [3.05, 3.63) is 17.5 Å². The van der Waals surface area contributed by atoms with Crippen LogP contribution in [0.2, 0.25) is 0 Å². The third kappa shape index (κ3) is 2.28. The molecule has 2 atom stereocenters. The van der Waals surface area contributed by atoms with Gasteiger partial charge in [-0.2, -0.15) is 0 Å². The van der Waals surface area contributed by atoms with E-state index in [0.717, 1.165) is 18.8 Å². The van der Waals surface area contributed by atoms with Gasteiger partial charge in [-0.05, 0) is 31.1 Å². The summed E-state index contributed by atoms with van der Waals surface area (Å²) >= 11 is 0. The summed E-state index contributed by atoms with van der Waals surface area (Å²) in [5, 5.41) is 3.94. The average molecular weight is 248 g/mol. The van der Waals surface area contributed by atoms with Crippen LogP contribution in [0, 0.1) is 11.8 Å². The van der Waals surface area contributed by atoms with Gasteiger partial charge in [0.05, 0.1) is 0 Å². The summed E-state index contributed by atoms with van der Waals surface area (Å²) in [5.74, 6) is 2.58. The first-order valence-corrected chi connectivity index (χ1v) is 6.89. The van der Waals surface area contributed by atoms with Gasteiger partial charge in [-0.1, -0.05) is 19.0 Å². The van der Waals surface area contributed by atoms with Gasteiger partial charge in [-0.3, -0.25) is 4.79 Å². The molecule has 0 bridgehead atoms. The molecule has 1 aromatic heterocycles. The van der Waals surface area contributed by atoms with Gasteiger partial charge >= 0.3 is 0 Å². The maximum Gasteiger partial charge on any atom is 0.276 e. The van der Waals surface area contributed by atoms with Crippen molar-refractivity contribution >= 4 is 5.91 Å². The number of nitrogens with zero attached hydrogens (tertiary/aromatic N) is 2. The first-order valence-electron chi connectivity index (χ1n) is 6.89. The zero-order valence-electron chi connectivity index (χ0n) is 11.1. The number of rotatable bonds is 2. The third-order valence-corrected chi connectivity index (χ3v) is 3.88. The molecule has 0 aromatic carbocycles. The van der Waals surface area contributed by atoms with Crippen molar-refractivity contribution in [2.45, 2.75) is 39.0 Å². The fourth-order valence-electron chi connectivity index (χ4n) is 2.94. The molecule has 0 spiro atoms. The number of likely N-dealkylation sites (tertiary alicyclic amines) is 1. The average Bonchev–Trinajstić information content (AvgIpc) is 3.05. The summed E-state index contributed by atoms with van der Waals surface area (Å²) in [6.07, 6.45) is 3.54. The Balaban J connectivity index is 1.72. The highest BCUT2D eigenvalue weighted by molar-refractivity contribution is 5.92. The number of piperidine rings is 1. The smallest absolute Gasteiger partial charge is 0.276 e. The van der Waals surface area contributed by atoms with Crippen LogP contribution in [0.5, 0.6) is 0 Å². The van der Waals surface area contributed by atoms with Crippen LogP contribution in [0.4, 0.5) is 0 Å². The number of carbonyl (C=O) groups excluding carboxylic acids is 1. The Morgan fingerprint density at radius 2 is 2.00 bits per heavy atom. The second-order valence-corrected chi connectivity index (χ2v) is 6.04. The predicted molar refractivity (Wildman–Crippen MR) is 67.3 cm³/mol. The van der Waals surface area contributed by atoms with Gasteiger partial charge in [-0.15, -0.1) is 0 Å². The van der Waals surface area contributed by atoms with E-state index in [1.54, 1.807) is 0 Å². The Bertz CT molecular complexity index is 440. The third-order valence-electron chi connectivity index (χ3n) is 3.88. The second kappa shape index (κ2) is 4.41. The second-order valence-electron chi connectivity index (χ2n) is 6.04. The topological polar surface area (TPSA) is 46.3 Å². The quantitative estimate of drug-likeness (QED) is 0.808. The normalized spacial score (nSPS) is 28.4.